The van der Waals surface area contributed by atoms with Crippen molar-refractivity contribution < 1.29 is 4.79 Å². The van der Waals surface area contributed by atoms with E-state index in [1.807, 2.05) is 29.1 Å². The van der Waals surface area contributed by atoms with Gasteiger partial charge in [0.25, 0.3) is 0 Å². The molecule has 6 nitrogen and oxygen atoms in total. The number of thiazole rings is 1. The largest absolute Gasteiger partial charge is 0.309 e. The number of carbonyl (C=O) groups is 1. The standard InChI is InChI=1S/C21H25N5OS2/c1-14-8-10-15(11-9-14)17-12-28-20(22-17)23-18(27)13-29-21-25-24-19(26(21)2)16-6-4-3-5-7-16/h8-12,16H,3-7,13H2,1-2H3,(H,22,23,27). The number of benzene rings is 1. The van der Waals surface area contributed by atoms with Gasteiger partial charge >= 0.3 is 0 Å². The van der Waals surface area contributed by atoms with Gasteiger partial charge in [0.15, 0.2) is 10.3 Å². The van der Waals surface area contributed by atoms with Crippen molar-refractivity contribution in [1.29, 1.82) is 0 Å². The SMILES string of the molecule is Cc1ccc(-c2csc(NC(=O)CSc3nnc(C4CCCCC4)n3C)n2)cc1. The number of carbonyl (C=O) groups excluding carboxylic acids is 1. The van der Waals surface area contributed by atoms with E-state index in [1.54, 1.807) is 0 Å². The van der Waals surface area contributed by atoms with Gasteiger partial charge in [-0.25, -0.2) is 4.98 Å². The second-order valence-electron chi connectivity index (χ2n) is 7.48. The summed E-state index contributed by atoms with van der Waals surface area (Å²) in [5, 5.41) is 15.0. The summed E-state index contributed by atoms with van der Waals surface area (Å²) in [6, 6.07) is 8.21. The van der Waals surface area contributed by atoms with Crippen LogP contribution in [0.3, 0.4) is 0 Å². The summed E-state index contributed by atoms with van der Waals surface area (Å²) in [7, 11) is 2.00. The summed E-state index contributed by atoms with van der Waals surface area (Å²) in [5.41, 5.74) is 3.14. The maximum absolute atomic E-state index is 12.4. The molecule has 0 aliphatic heterocycles. The minimum atomic E-state index is -0.0815. The zero-order valence-electron chi connectivity index (χ0n) is 16.7. The summed E-state index contributed by atoms with van der Waals surface area (Å²) in [4.78, 5) is 16.9. The normalized spacial score (nSPS) is 14.8. The molecule has 0 bridgehead atoms. The highest BCUT2D eigenvalue weighted by atomic mass is 32.2. The highest BCUT2D eigenvalue weighted by Gasteiger charge is 2.22. The molecule has 0 spiro atoms. The van der Waals surface area contributed by atoms with Crippen LogP contribution in [0.15, 0.2) is 34.8 Å². The average molecular weight is 428 g/mol. The van der Waals surface area contributed by atoms with E-state index in [0.29, 0.717) is 11.0 Å². The van der Waals surface area contributed by atoms with Crippen LogP contribution in [0.1, 0.15) is 49.4 Å². The third-order valence-electron chi connectivity index (χ3n) is 5.27. The maximum Gasteiger partial charge on any atom is 0.236 e. The average Bonchev–Trinajstić information content (AvgIpc) is 3.34. The lowest BCUT2D eigenvalue weighted by Gasteiger charge is -2.20. The minimum absolute atomic E-state index is 0.0815. The molecule has 1 fully saturated rings. The van der Waals surface area contributed by atoms with Gasteiger partial charge in [-0.3, -0.25) is 4.79 Å². The molecule has 1 saturated carbocycles. The molecule has 4 rings (SSSR count). The molecule has 0 radical (unpaired) electrons. The number of aryl methyl sites for hydroxylation is 1. The van der Waals surface area contributed by atoms with Crippen molar-refractivity contribution in [2.24, 2.45) is 7.05 Å². The topological polar surface area (TPSA) is 72.7 Å². The number of nitrogens with one attached hydrogen (secondary N) is 1. The number of rotatable bonds is 6. The fraction of sp³-hybridized carbons (Fsp3) is 0.429. The van der Waals surface area contributed by atoms with E-state index in [4.69, 9.17) is 0 Å². The Kier molecular flexibility index (Phi) is 6.30. The van der Waals surface area contributed by atoms with Crippen LogP contribution < -0.4 is 5.32 Å². The van der Waals surface area contributed by atoms with Gasteiger partial charge in [-0.2, -0.15) is 0 Å². The van der Waals surface area contributed by atoms with Crippen LogP contribution in [0.4, 0.5) is 5.13 Å². The third kappa shape index (κ3) is 4.87. The van der Waals surface area contributed by atoms with Crippen LogP contribution in [0.2, 0.25) is 0 Å². The number of thioether (sulfide) groups is 1. The molecular formula is C21H25N5OS2. The summed E-state index contributed by atoms with van der Waals surface area (Å²) in [5.74, 6) is 1.76. The van der Waals surface area contributed by atoms with Crippen molar-refractivity contribution >= 4 is 34.1 Å². The van der Waals surface area contributed by atoms with Gasteiger partial charge in [0.05, 0.1) is 11.4 Å². The molecule has 2 heterocycles. The van der Waals surface area contributed by atoms with Crippen LogP contribution >= 0.6 is 23.1 Å². The van der Waals surface area contributed by atoms with Crippen molar-refractivity contribution in [2.45, 2.75) is 50.1 Å². The second-order valence-corrected chi connectivity index (χ2v) is 9.28. The molecule has 1 aliphatic carbocycles. The zero-order valence-corrected chi connectivity index (χ0v) is 18.4. The molecular weight excluding hydrogens is 402 g/mol. The summed E-state index contributed by atoms with van der Waals surface area (Å²) in [6.45, 7) is 2.06. The lowest BCUT2D eigenvalue weighted by molar-refractivity contribution is -0.113. The van der Waals surface area contributed by atoms with E-state index >= 15 is 0 Å². The second kappa shape index (κ2) is 9.09. The Labute approximate surface area is 179 Å². The Hall–Kier alpha value is -2.19. The predicted octanol–water partition coefficient (Wildman–Crippen LogP) is 5.03. The van der Waals surface area contributed by atoms with E-state index in [-0.39, 0.29) is 11.7 Å². The van der Waals surface area contributed by atoms with Crippen molar-refractivity contribution in [3.8, 4) is 11.3 Å². The van der Waals surface area contributed by atoms with Crippen molar-refractivity contribution in [3.05, 3.63) is 41.0 Å². The molecule has 0 atom stereocenters. The van der Waals surface area contributed by atoms with Crippen LogP contribution in [0.5, 0.6) is 0 Å². The Balaban J connectivity index is 1.33. The Bertz CT molecular complexity index is 973. The molecule has 1 N–H and O–H groups in total. The Morgan fingerprint density at radius 2 is 1.97 bits per heavy atom. The number of hydrogen-bond donors (Lipinski definition) is 1. The first-order chi connectivity index (χ1) is 14.1. The van der Waals surface area contributed by atoms with Gasteiger partial charge < -0.3 is 9.88 Å². The van der Waals surface area contributed by atoms with Crippen molar-refractivity contribution in [2.75, 3.05) is 11.1 Å². The first-order valence-electron chi connectivity index (χ1n) is 9.94. The van der Waals surface area contributed by atoms with Gasteiger partial charge in [-0.15, -0.1) is 21.5 Å². The number of hydrogen-bond acceptors (Lipinski definition) is 6. The smallest absolute Gasteiger partial charge is 0.236 e. The van der Waals surface area contributed by atoms with E-state index in [0.717, 1.165) is 22.2 Å². The molecule has 1 aromatic carbocycles. The summed E-state index contributed by atoms with van der Waals surface area (Å²) < 4.78 is 2.05. The number of amides is 1. The van der Waals surface area contributed by atoms with E-state index in [1.165, 1.54) is 60.8 Å². The molecule has 1 aliphatic rings. The maximum atomic E-state index is 12.4. The van der Waals surface area contributed by atoms with Gasteiger partial charge in [0, 0.05) is 23.9 Å². The molecule has 1 amide bonds. The minimum Gasteiger partial charge on any atom is -0.309 e. The van der Waals surface area contributed by atoms with Gasteiger partial charge in [-0.1, -0.05) is 60.9 Å². The highest BCUT2D eigenvalue weighted by molar-refractivity contribution is 7.99. The fourth-order valence-electron chi connectivity index (χ4n) is 3.64. The quantitative estimate of drug-likeness (QED) is 0.559. The molecule has 0 saturated heterocycles. The molecule has 2 aromatic heterocycles. The van der Waals surface area contributed by atoms with Crippen molar-refractivity contribution in [3.63, 3.8) is 0 Å². The fourth-order valence-corrected chi connectivity index (χ4v) is 5.10. The third-order valence-corrected chi connectivity index (χ3v) is 7.05. The van der Waals surface area contributed by atoms with Gasteiger partial charge in [0.2, 0.25) is 5.91 Å². The summed E-state index contributed by atoms with van der Waals surface area (Å²) in [6.07, 6.45) is 6.22. The van der Waals surface area contributed by atoms with E-state index in [2.05, 4.69) is 39.6 Å². The molecule has 152 valence electrons. The summed E-state index contributed by atoms with van der Waals surface area (Å²) >= 11 is 2.86. The van der Waals surface area contributed by atoms with Crippen LogP contribution in [-0.4, -0.2) is 31.4 Å². The van der Waals surface area contributed by atoms with Crippen LogP contribution in [0, 0.1) is 6.92 Å². The number of nitrogens with zero attached hydrogens (tertiary/aromatic N) is 4. The predicted molar refractivity (Wildman–Crippen MR) is 118 cm³/mol. The molecule has 8 heteroatoms. The van der Waals surface area contributed by atoms with Gasteiger partial charge in [0.1, 0.15) is 5.82 Å². The Morgan fingerprint density at radius 1 is 1.21 bits per heavy atom. The lowest BCUT2D eigenvalue weighted by Crippen LogP contribution is -2.14. The lowest BCUT2D eigenvalue weighted by atomic mass is 9.89. The van der Waals surface area contributed by atoms with E-state index < -0.39 is 0 Å². The highest BCUT2D eigenvalue weighted by Crippen LogP contribution is 2.32. The van der Waals surface area contributed by atoms with Crippen molar-refractivity contribution in [1.82, 2.24) is 19.7 Å². The molecule has 3 aromatic rings. The molecule has 0 unspecified atom stereocenters. The number of anilines is 1. The monoisotopic (exact) mass is 427 g/mol. The van der Waals surface area contributed by atoms with Crippen LogP contribution in [-0.2, 0) is 11.8 Å². The van der Waals surface area contributed by atoms with E-state index in [9.17, 15) is 4.79 Å². The van der Waals surface area contributed by atoms with Crippen LogP contribution in [0.25, 0.3) is 11.3 Å². The molecule has 29 heavy (non-hydrogen) atoms. The Morgan fingerprint density at radius 3 is 2.72 bits per heavy atom. The zero-order chi connectivity index (χ0) is 20.2. The first kappa shape index (κ1) is 20.1. The number of aromatic nitrogens is 4. The first-order valence-corrected chi connectivity index (χ1v) is 11.8. The van der Waals surface area contributed by atoms with Gasteiger partial charge in [-0.05, 0) is 19.8 Å².